The van der Waals surface area contributed by atoms with Crippen molar-refractivity contribution >= 4 is 16.9 Å². The van der Waals surface area contributed by atoms with E-state index >= 15 is 0 Å². The number of halogens is 1. The molecule has 1 aromatic heterocycles. The van der Waals surface area contributed by atoms with Crippen LogP contribution >= 0.6 is 0 Å². The van der Waals surface area contributed by atoms with E-state index in [0.29, 0.717) is 18.2 Å². The second kappa shape index (κ2) is 3.09. The molecule has 17 heavy (non-hydrogen) atoms. The van der Waals surface area contributed by atoms with Crippen LogP contribution < -0.4 is 0 Å². The van der Waals surface area contributed by atoms with Crippen LogP contribution in [0.5, 0.6) is 0 Å². The molecule has 0 saturated heterocycles. The molecule has 1 aromatic carbocycles. The lowest BCUT2D eigenvalue weighted by molar-refractivity contribution is -0.140. The van der Waals surface area contributed by atoms with Gasteiger partial charge in [-0.15, -0.1) is 0 Å². The number of benzene rings is 1. The van der Waals surface area contributed by atoms with E-state index in [4.69, 9.17) is 0 Å². The minimum atomic E-state index is -0.811. The number of aromatic nitrogens is 1. The van der Waals surface area contributed by atoms with Crippen molar-refractivity contribution in [2.45, 2.75) is 18.3 Å². The number of hydrogen-bond acceptors (Lipinski definition) is 1. The summed E-state index contributed by atoms with van der Waals surface area (Å²) in [5, 5.41) is 10.0. The first-order valence-corrected chi connectivity index (χ1v) is 5.53. The summed E-state index contributed by atoms with van der Waals surface area (Å²) in [6, 6.07) is 4.51. The number of fused-ring (bicyclic) bond motifs is 1. The Morgan fingerprint density at radius 1 is 1.47 bits per heavy atom. The van der Waals surface area contributed by atoms with Crippen LogP contribution in [0.2, 0.25) is 0 Å². The third kappa shape index (κ3) is 1.30. The number of rotatable bonds is 2. The van der Waals surface area contributed by atoms with Gasteiger partial charge in [0.1, 0.15) is 5.82 Å². The minimum absolute atomic E-state index is 0.328. The van der Waals surface area contributed by atoms with Gasteiger partial charge in [-0.1, -0.05) is 0 Å². The van der Waals surface area contributed by atoms with Gasteiger partial charge in [0.25, 0.3) is 0 Å². The molecule has 0 spiro atoms. The van der Waals surface area contributed by atoms with E-state index in [1.807, 2.05) is 17.8 Å². The number of nitrogens with zero attached hydrogens (tertiary/aromatic N) is 1. The summed E-state index contributed by atoms with van der Waals surface area (Å²) in [7, 11) is 1.85. The van der Waals surface area contributed by atoms with Crippen molar-refractivity contribution in [3.05, 3.63) is 35.8 Å². The van der Waals surface area contributed by atoms with Crippen LogP contribution in [0.3, 0.4) is 0 Å². The van der Waals surface area contributed by atoms with Crippen LogP contribution in [0, 0.1) is 5.82 Å². The monoisotopic (exact) mass is 233 g/mol. The summed E-state index contributed by atoms with van der Waals surface area (Å²) in [6.45, 7) is 0. The van der Waals surface area contributed by atoms with Crippen molar-refractivity contribution in [1.29, 1.82) is 0 Å². The average molecular weight is 233 g/mol. The fourth-order valence-corrected chi connectivity index (χ4v) is 2.47. The van der Waals surface area contributed by atoms with Crippen molar-refractivity contribution < 1.29 is 14.3 Å². The van der Waals surface area contributed by atoms with E-state index < -0.39 is 11.4 Å². The minimum Gasteiger partial charge on any atom is -0.481 e. The maximum absolute atomic E-state index is 13.3. The first-order valence-electron chi connectivity index (χ1n) is 5.53. The van der Waals surface area contributed by atoms with Gasteiger partial charge in [-0.3, -0.25) is 4.79 Å². The molecule has 0 aliphatic heterocycles. The lowest BCUT2D eigenvalue weighted by Gasteiger charge is -2.07. The van der Waals surface area contributed by atoms with Crippen molar-refractivity contribution in [2.75, 3.05) is 0 Å². The molecule has 4 heteroatoms. The van der Waals surface area contributed by atoms with Gasteiger partial charge >= 0.3 is 5.97 Å². The number of carbonyl (C=O) groups is 1. The van der Waals surface area contributed by atoms with Crippen molar-refractivity contribution in [1.82, 2.24) is 4.57 Å². The molecule has 0 unspecified atom stereocenters. The molecular formula is C13H12FNO2. The third-order valence-electron chi connectivity index (χ3n) is 3.63. The number of hydrogen-bond donors (Lipinski definition) is 1. The summed E-state index contributed by atoms with van der Waals surface area (Å²) in [5.74, 6) is -1.14. The van der Waals surface area contributed by atoms with Crippen LogP contribution in [0.1, 0.15) is 18.4 Å². The zero-order chi connectivity index (χ0) is 12.2. The predicted octanol–water partition coefficient (Wildman–Crippen LogP) is 2.43. The van der Waals surface area contributed by atoms with Gasteiger partial charge in [-0.05, 0) is 36.6 Å². The molecule has 1 saturated carbocycles. The molecule has 3 rings (SSSR count). The largest absolute Gasteiger partial charge is 0.481 e. The Morgan fingerprint density at radius 3 is 2.76 bits per heavy atom. The van der Waals surface area contributed by atoms with E-state index in [1.54, 1.807) is 6.07 Å². The first kappa shape index (κ1) is 10.3. The molecule has 88 valence electrons. The lowest BCUT2D eigenvalue weighted by Crippen LogP contribution is -2.19. The molecule has 1 fully saturated rings. The summed E-state index contributed by atoms with van der Waals surface area (Å²) in [4.78, 5) is 11.3. The highest BCUT2D eigenvalue weighted by Gasteiger charge is 2.53. The average Bonchev–Trinajstić information content (AvgIpc) is 3.01. The Labute approximate surface area is 97.5 Å². The van der Waals surface area contributed by atoms with Gasteiger partial charge in [-0.25, -0.2) is 4.39 Å². The summed E-state index contributed by atoms with van der Waals surface area (Å²) < 4.78 is 15.1. The topological polar surface area (TPSA) is 42.2 Å². The highest BCUT2D eigenvalue weighted by atomic mass is 19.1. The van der Waals surface area contributed by atoms with Gasteiger partial charge in [0.15, 0.2) is 0 Å². The van der Waals surface area contributed by atoms with Crippen LogP contribution in [-0.2, 0) is 17.3 Å². The molecular weight excluding hydrogens is 221 g/mol. The Balaban J connectivity index is 2.30. The van der Waals surface area contributed by atoms with Gasteiger partial charge in [0.05, 0.1) is 5.41 Å². The Hall–Kier alpha value is -1.84. The molecule has 3 nitrogen and oxygen atoms in total. The molecule has 0 amide bonds. The fraction of sp³-hybridized carbons (Fsp3) is 0.308. The standard InChI is InChI=1S/C13H12FNO2/c1-15-7-10(13(4-5-13)12(16)17)9-6-8(14)2-3-11(9)15/h2-3,6-7H,4-5H2,1H3,(H,16,17). The summed E-state index contributed by atoms with van der Waals surface area (Å²) >= 11 is 0. The summed E-state index contributed by atoms with van der Waals surface area (Å²) in [6.07, 6.45) is 3.08. The van der Waals surface area contributed by atoms with Crippen molar-refractivity contribution in [2.24, 2.45) is 7.05 Å². The SMILES string of the molecule is Cn1cc(C2(C(=O)O)CC2)c2cc(F)ccc21. The van der Waals surface area contributed by atoms with Gasteiger partial charge in [-0.2, -0.15) is 0 Å². The van der Waals surface area contributed by atoms with Crippen LogP contribution in [0.25, 0.3) is 10.9 Å². The summed E-state index contributed by atoms with van der Waals surface area (Å²) in [5.41, 5.74) is 0.823. The number of carboxylic acid groups (broad SMARTS) is 1. The normalized spacial score (nSPS) is 17.3. The zero-order valence-corrected chi connectivity index (χ0v) is 9.40. The Kier molecular flexibility index (Phi) is 1.88. The van der Waals surface area contributed by atoms with Crippen molar-refractivity contribution in [3.63, 3.8) is 0 Å². The lowest BCUT2D eigenvalue weighted by atomic mass is 9.96. The van der Waals surface area contributed by atoms with Crippen molar-refractivity contribution in [3.8, 4) is 0 Å². The maximum Gasteiger partial charge on any atom is 0.314 e. The smallest absolute Gasteiger partial charge is 0.314 e. The van der Waals surface area contributed by atoms with Crippen LogP contribution in [0.4, 0.5) is 4.39 Å². The zero-order valence-electron chi connectivity index (χ0n) is 9.40. The molecule has 0 atom stereocenters. The molecule has 0 radical (unpaired) electrons. The highest BCUT2D eigenvalue weighted by Crippen LogP contribution is 2.51. The van der Waals surface area contributed by atoms with E-state index in [2.05, 4.69) is 0 Å². The van der Waals surface area contributed by atoms with Gasteiger partial charge in [0, 0.05) is 24.1 Å². The second-order valence-electron chi connectivity index (χ2n) is 4.70. The molecule has 1 aliphatic carbocycles. The molecule has 1 N–H and O–H groups in total. The van der Waals surface area contributed by atoms with E-state index in [1.165, 1.54) is 12.1 Å². The quantitative estimate of drug-likeness (QED) is 0.865. The fourth-order valence-electron chi connectivity index (χ4n) is 2.47. The number of aliphatic carboxylic acids is 1. The predicted molar refractivity (Wildman–Crippen MR) is 61.4 cm³/mol. The Bertz CT molecular complexity index is 626. The first-order chi connectivity index (χ1) is 8.04. The molecule has 2 aromatic rings. The van der Waals surface area contributed by atoms with Gasteiger partial charge in [0.2, 0.25) is 0 Å². The van der Waals surface area contributed by atoms with Gasteiger partial charge < -0.3 is 9.67 Å². The Morgan fingerprint density at radius 2 is 2.18 bits per heavy atom. The number of carboxylic acids is 1. The highest BCUT2D eigenvalue weighted by molar-refractivity contribution is 5.94. The van der Waals surface area contributed by atoms with E-state index in [9.17, 15) is 14.3 Å². The van der Waals surface area contributed by atoms with Crippen LogP contribution in [0.15, 0.2) is 24.4 Å². The molecule has 1 heterocycles. The van der Waals surface area contributed by atoms with E-state index in [-0.39, 0.29) is 5.82 Å². The second-order valence-corrected chi connectivity index (χ2v) is 4.70. The molecule has 0 bridgehead atoms. The van der Waals surface area contributed by atoms with E-state index in [0.717, 1.165) is 11.1 Å². The third-order valence-corrected chi connectivity index (χ3v) is 3.63. The number of aryl methyl sites for hydroxylation is 1. The van der Waals surface area contributed by atoms with Crippen LogP contribution in [-0.4, -0.2) is 15.6 Å². The maximum atomic E-state index is 13.3. The molecule has 1 aliphatic rings.